The number of aliphatic hydroxyl groups is 4. The van der Waals surface area contributed by atoms with Gasteiger partial charge < -0.3 is 107 Å². The van der Waals surface area contributed by atoms with E-state index in [0.717, 1.165) is 0 Å². The van der Waals surface area contributed by atoms with Crippen LogP contribution in [0.25, 0.3) is 89.7 Å². The molecule has 0 radical (unpaired) electrons. The minimum absolute atomic E-state index is 0. The molecular weight excluding hydrogens is 1110 g/mol. The third-order valence-electron chi connectivity index (χ3n) is 12.0. The molecule has 0 aliphatic carbocycles. The van der Waals surface area contributed by atoms with Gasteiger partial charge in [0.15, 0.2) is 0 Å². The summed E-state index contributed by atoms with van der Waals surface area (Å²) in [5.74, 6) is 2.96. The molecule has 0 unspecified atom stereocenters. The van der Waals surface area contributed by atoms with Crippen LogP contribution in [-0.4, -0.2) is 209 Å². The van der Waals surface area contributed by atoms with Crippen LogP contribution in [0.4, 0.5) is 0 Å². The van der Waals surface area contributed by atoms with Crippen LogP contribution in [0, 0.1) is 0 Å². The summed E-state index contributed by atoms with van der Waals surface area (Å²) < 4.78 is 70.0. The summed E-state index contributed by atoms with van der Waals surface area (Å²) in [5, 5.41) is 38.6. The smallest absolute Gasteiger partial charge is 0.491 e. The molecule has 4 aromatic carbocycles. The van der Waals surface area contributed by atoms with Crippen molar-refractivity contribution >= 4 is 44.1 Å². The SMILES string of the molecule is OCCOCCOCCOc1cccc2c1-c1nc-2nc2[n-]c(nc3nc(nc4[n-]c(n1)c1cccc(OCCOCCOCCO)c41)-c1cccc(OCCOCCOCCO)c1-3)c1cccc(OCCOCCOCCO)c21.[Zn+2]. The minimum Gasteiger partial charge on any atom is -0.491 e. The van der Waals surface area contributed by atoms with Gasteiger partial charge in [0.1, 0.15) is 49.4 Å². The van der Waals surface area contributed by atoms with Crippen LogP contribution in [0.1, 0.15) is 0 Å². The molecule has 0 amide bonds. The van der Waals surface area contributed by atoms with Crippen molar-refractivity contribution in [2.45, 2.75) is 0 Å². The maximum absolute atomic E-state index is 9.07. The summed E-state index contributed by atoms with van der Waals surface area (Å²) in [6.07, 6.45) is 0. The molecule has 25 heteroatoms. The zero-order valence-electron chi connectivity index (χ0n) is 44.9. The van der Waals surface area contributed by atoms with E-state index in [2.05, 4.69) is 0 Å². The Kier molecular flexibility index (Phi) is 24.2. The quantitative estimate of drug-likeness (QED) is 0.0321. The zero-order valence-corrected chi connectivity index (χ0v) is 47.8. The number of rotatable bonds is 36. The normalized spacial score (nSPS) is 11.7. The number of aliphatic hydroxyl groups excluding tert-OH is 4. The first kappa shape index (κ1) is 60.7. The molecule has 0 saturated carbocycles. The second kappa shape index (κ2) is 32.3. The van der Waals surface area contributed by atoms with E-state index in [-0.39, 0.29) is 171 Å². The molecule has 0 fully saturated rings. The van der Waals surface area contributed by atoms with Crippen molar-refractivity contribution in [2.75, 3.05) is 159 Å². The summed E-state index contributed by atoms with van der Waals surface area (Å²) in [5.41, 5.74) is 3.41. The van der Waals surface area contributed by atoms with Crippen molar-refractivity contribution in [2.24, 2.45) is 0 Å². The average Bonchev–Trinajstić information content (AvgIpc) is 4.38. The molecule has 7 aromatic rings. The van der Waals surface area contributed by atoms with Gasteiger partial charge in [0.25, 0.3) is 0 Å². The van der Waals surface area contributed by atoms with Gasteiger partial charge in [0.05, 0.1) is 167 Å². The van der Waals surface area contributed by atoms with Crippen LogP contribution in [-0.2, 0) is 57.4 Å². The molecule has 0 spiro atoms. The van der Waals surface area contributed by atoms with Crippen molar-refractivity contribution in [3.05, 3.63) is 72.8 Å². The van der Waals surface area contributed by atoms with E-state index in [9.17, 15) is 0 Å². The van der Waals surface area contributed by atoms with Crippen molar-refractivity contribution < 1.29 is 96.7 Å². The Morgan fingerprint density at radius 1 is 0.296 bits per heavy atom. The number of ether oxygens (including phenoxy) is 12. The summed E-state index contributed by atoms with van der Waals surface area (Å²) in [4.78, 5) is 41.2. The molecular formula is C56H64N8O16Zn. The number of aromatic nitrogens is 8. The molecule has 0 atom stereocenters. The zero-order chi connectivity index (χ0) is 55.1. The van der Waals surface area contributed by atoms with Crippen molar-refractivity contribution in [3.63, 3.8) is 0 Å². The molecule has 24 nitrogen and oxygen atoms in total. The van der Waals surface area contributed by atoms with Crippen LogP contribution in [0.5, 0.6) is 23.0 Å². The third kappa shape index (κ3) is 16.0. The predicted molar refractivity (Wildman–Crippen MR) is 291 cm³/mol. The van der Waals surface area contributed by atoms with E-state index in [0.29, 0.717) is 120 Å². The van der Waals surface area contributed by atoms with Crippen LogP contribution in [0.3, 0.4) is 0 Å². The maximum Gasteiger partial charge on any atom is 2.00 e. The molecule has 4 N–H and O–H groups in total. The van der Waals surface area contributed by atoms with E-state index < -0.39 is 0 Å². The predicted octanol–water partition coefficient (Wildman–Crippen LogP) is 3.74. The molecule has 3 aromatic heterocycles. The van der Waals surface area contributed by atoms with Gasteiger partial charge in [0.2, 0.25) is 0 Å². The fourth-order valence-corrected chi connectivity index (χ4v) is 8.59. The first-order chi connectivity index (χ1) is 39.6. The van der Waals surface area contributed by atoms with Gasteiger partial charge in [-0.15, -0.1) is 0 Å². The fraction of sp³-hybridized carbons (Fsp3) is 0.429. The second-order valence-electron chi connectivity index (χ2n) is 17.4. The molecule has 8 bridgehead atoms. The van der Waals surface area contributed by atoms with E-state index >= 15 is 0 Å². The Bertz CT molecular complexity index is 3060. The molecule has 2 aliphatic heterocycles. The molecule has 2 aliphatic rings. The molecule has 81 heavy (non-hydrogen) atoms. The summed E-state index contributed by atoms with van der Waals surface area (Å²) in [6.45, 7) is 4.89. The summed E-state index contributed by atoms with van der Waals surface area (Å²) >= 11 is 0. The summed E-state index contributed by atoms with van der Waals surface area (Å²) in [6, 6.07) is 22.2. The molecule has 0 saturated heterocycles. The minimum atomic E-state index is -0.0735. The van der Waals surface area contributed by atoms with Gasteiger partial charge in [-0.25, -0.2) is 9.97 Å². The van der Waals surface area contributed by atoms with Crippen LogP contribution in [0.15, 0.2) is 72.8 Å². The summed E-state index contributed by atoms with van der Waals surface area (Å²) in [7, 11) is 0. The first-order valence-electron chi connectivity index (χ1n) is 26.4. The molecule has 9 rings (SSSR count). The topological polar surface area (TPSA) is 297 Å². The van der Waals surface area contributed by atoms with Crippen molar-refractivity contribution in [1.29, 1.82) is 0 Å². The Hall–Kier alpha value is -6.42. The van der Waals surface area contributed by atoms with Gasteiger partial charge in [-0.3, -0.25) is 0 Å². The van der Waals surface area contributed by atoms with E-state index in [1.165, 1.54) is 0 Å². The Morgan fingerprint density at radius 2 is 0.580 bits per heavy atom. The molecule has 5 heterocycles. The monoisotopic (exact) mass is 1170 g/mol. The van der Waals surface area contributed by atoms with Crippen LogP contribution in [0.2, 0.25) is 0 Å². The number of hydrogen-bond acceptors (Lipinski definition) is 22. The van der Waals surface area contributed by atoms with Gasteiger partial charge >= 0.3 is 19.5 Å². The average molecular weight is 1170 g/mol. The Balaban J connectivity index is 0.00000860. The maximum atomic E-state index is 9.07. The van der Waals surface area contributed by atoms with Crippen LogP contribution < -0.4 is 28.9 Å². The fourth-order valence-electron chi connectivity index (χ4n) is 8.59. The standard InChI is InChI=1S/C56H64N8O16.Zn/c65-13-17-69-21-25-73-29-33-77-41-9-1-5-37-45(41)53-57-49(37)61-54-46-38(6-2-10-42(46)78-34-30-74-26-22-70-18-14-66)51(58-54)63-56-48-40(8-4-12-44(48)80-36-32-76-28-24-72-20-16-68)52(60-56)64-55-47-39(50(59-55)62-53)7-3-11-43(47)79-35-31-75-27-23-71-19-15-67;/h1-12,65-68H,13-36H2;/q-2;+2. The third-order valence-corrected chi connectivity index (χ3v) is 12.0. The van der Waals surface area contributed by atoms with E-state index in [4.69, 9.17) is 117 Å². The van der Waals surface area contributed by atoms with Crippen LogP contribution >= 0.6 is 0 Å². The first-order valence-corrected chi connectivity index (χ1v) is 26.4. The molecule has 426 valence electrons. The van der Waals surface area contributed by atoms with Gasteiger partial charge in [-0.1, -0.05) is 48.5 Å². The number of benzene rings is 4. The number of fused-ring (bicyclic) bond motifs is 20. The van der Waals surface area contributed by atoms with Crippen molar-refractivity contribution in [3.8, 4) is 68.5 Å². The Morgan fingerprint density at radius 3 is 0.926 bits per heavy atom. The van der Waals surface area contributed by atoms with Crippen molar-refractivity contribution in [1.82, 2.24) is 39.9 Å². The number of hydrogen-bond donors (Lipinski definition) is 4. The van der Waals surface area contributed by atoms with E-state index in [1.54, 1.807) is 0 Å². The van der Waals surface area contributed by atoms with E-state index in [1.807, 2.05) is 72.8 Å². The number of nitrogens with zero attached hydrogens (tertiary/aromatic N) is 8. The second-order valence-corrected chi connectivity index (χ2v) is 17.4. The van der Waals surface area contributed by atoms with Gasteiger partial charge in [-0.05, 0) is 35.0 Å². The Labute approximate surface area is 478 Å². The van der Waals surface area contributed by atoms with Gasteiger partial charge in [0, 0.05) is 44.5 Å². The largest absolute Gasteiger partial charge is 2.00 e. The van der Waals surface area contributed by atoms with Gasteiger partial charge in [-0.2, -0.15) is 0 Å².